The van der Waals surface area contributed by atoms with Crippen LogP contribution < -0.4 is 10.2 Å². The molecule has 100 valence electrons. The Morgan fingerprint density at radius 1 is 1.44 bits per heavy atom. The quantitative estimate of drug-likeness (QED) is 0.916. The Morgan fingerprint density at radius 3 is 2.89 bits per heavy atom. The summed E-state index contributed by atoms with van der Waals surface area (Å²) in [7, 11) is 0. The van der Waals surface area contributed by atoms with Crippen molar-refractivity contribution in [2.45, 2.75) is 39.3 Å². The fourth-order valence-electron chi connectivity index (χ4n) is 2.67. The van der Waals surface area contributed by atoms with E-state index in [-0.39, 0.29) is 0 Å². The van der Waals surface area contributed by atoms with Crippen LogP contribution in [0.2, 0.25) is 0 Å². The van der Waals surface area contributed by atoms with E-state index in [2.05, 4.69) is 71.2 Å². The average molecular weight is 311 g/mol. The van der Waals surface area contributed by atoms with Crippen LogP contribution in [0.1, 0.15) is 27.2 Å². The molecule has 0 saturated carbocycles. The lowest BCUT2D eigenvalue weighted by Crippen LogP contribution is -2.55. The van der Waals surface area contributed by atoms with Crippen LogP contribution in [0.15, 0.2) is 28.7 Å². The van der Waals surface area contributed by atoms with Crippen LogP contribution in [0, 0.1) is 5.92 Å². The number of halogens is 1. The Balaban J connectivity index is 2.10. The number of nitrogens with zero attached hydrogens (tertiary/aromatic N) is 1. The predicted molar refractivity (Wildman–Crippen MR) is 82.2 cm³/mol. The van der Waals surface area contributed by atoms with E-state index < -0.39 is 0 Å². The van der Waals surface area contributed by atoms with Crippen molar-refractivity contribution in [1.29, 1.82) is 0 Å². The molecule has 0 bridgehead atoms. The smallest absolute Gasteiger partial charge is 0.0387 e. The highest BCUT2D eigenvalue weighted by Gasteiger charge is 2.25. The van der Waals surface area contributed by atoms with Gasteiger partial charge in [-0.1, -0.05) is 35.8 Å². The molecule has 1 N–H and O–H groups in total. The van der Waals surface area contributed by atoms with Gasteiger partial charge in [0.15, 0.2) is 0 Å². The minimum absolute atomic E-state index is 0.558. The van der Waals surface area contributed by atoms with Crippen molar-refractivity contribution in [3.63, 3.8) is 0 Å². The molecule has 2 unspecified atom stereocenters. The van der Waals surface area contributed by atoms with E-state index in [0.717, 1.165) is 23.5 Å². The summed E-state index contributed by atoms with van der Waals surface area (Å²) >= 11 is 3.56. The van der Waals surface area contributed by atoms with Gasteiger partial charge in [-0.2, -0.15) is 0 Å². The van der Waals surface area contributed by atoms with Crippen LogP contribution in [0.3, 0.4) is 0 Å². The number of rotatable bonds is 3. The van der Waals surface area contributed by atoms with Gasteiger partial charge in [-0.05, 0) is 37.5 Å². The molecule has 1 aliphatic rings. The average Bonchev–Trinajstić information content (AvgIpc) is 2.31. The molecule has 1 aromatic carbocycles. The van der Waals surface area contributed by atoms with Crippen molar-refractivity contribution in [3.05, 3.63) is 28.7 Å². The Labute approximate surface area is 119 Å². The van der Waals surface area contributed by atoms with E-state index in [1.54, 1.807) is 0 Å². The molecule has 2 nitrogen and oxygen atoms in total. The molecule has 2 rings (SSSR count). The minimum Gasteiger partial charge on any atom is -0.366 e. The van der Waals surface area contributed by atoms with E-state index in [1.807, 2.05) is 0 Å². The van der Waals surface area contributed by atoms with Gasteiger partial charge in [0.05, 0.1) is 0 Å². The highest BCUT2D eigenvalue weighted by atomic mass is 79.9. The molecule has 0 amide bonds. The van der Waals surface area contributed by atoms with Gasteiger partial charge in [-0.25, -0.2) is 0 Å². The van der Waals surface area contributed by atoms with Crippen LogP contribution in [0.4, 0.5) is 5.69 Å². The van der Waals surface area contributed by atoms with Gasteiger partial charge in [0.25, 0.3) is 0 Å². The van der Waals surface area contributed by atoms with E-state index in [9.17, 15) is 0 Å². The lowest BCUT2D eigenvalue weighted by molar-refractivity contribution is 0.356. The number of hydrogen-bond acceptors (Lipinski definition) is 2. The van der Waals surface area contributed by atoms with Gasteiger partial charge in [-0.3, -0.25) is 0 Å². The molecular formula is C15H23BrN2. The predicted octanol–water partition coefficient (Wildman–Crippen LogP) is 3.66. The van der Waals surface area contributed by atoms with Crippen molar-refractivity contribution in [2.75, 3.05) is 18.0 Å². The van der Waals surface area contributed by atoms with Gasteiger partial charge >= 0.3 is 0 Å². The fraction of sp³-hybridized carbons (Fsp3) is 0.600. The second kappa shape index (κ2) is 6.07. The molecule has 3 heteroatoms. The fourth-order valence-corrected chi connectivity index (χ4v) is 3.06. The lowest BCUT2D eigenvalue weighted by atomic mass is 9.99. The molecule has 18 heavy (non-hydrogen) atoms. The van der Waals surface area contributed by atoms with Crippen molar-refractivity contribution < 1.29 is 0 Å². The first-order chi connectivity index (χ1) is 8.56. The lowest BCUT2D eigenvalue weighted by Gasteiger charge is -2.41. The maximum Gasteiger partial charge on any atom is 0.0387 e. The van der Waals surface area contributed by atoms with Gasteiger partial charge < -0.3 is 10.2 Å². The number of hydrogen-bond donors (Lipinski definition) is 1. The standard InChI is InChI=1S/C15H23BrN2/c1-11(2)7-14-10-18(12(3)9-17-14)15-6-4-5-13(16)8-15/h4-6,8,11-12,14,17H,7,9-10H2,1-3H3. The molecule has 1 fully saturated rings. The van der Waals surface area contributed by atoms with Gasteiger partial charge in [-0.15, -0.1) is 0 Å². The van der Waals surface area contributed by atoms with Crippen molar-refractivity contribution in [2.24, 2.45) is 5.92 Å². The van der Waals surface area contributed by atoms with Crippen LogP contribution >= 0.6 is 15.9 Å². The van der Waals surface area contributed by atoms with Crippen LogP contribution in [-0.4, -0.2) is 25.2 Å². The van der Waals surface area contributed by atoms with Crippen LogP contribution in [-0.2, 0) is 0 Å². The zero-order valence-electron chi connectivity index (χ0n) is 11.5. The van der Waals surface area contributed by atoms with Crippen LogP contribution in [0.25, 0.3) is 0 Å². The second-order valence-electron chi connectivity index (χ2n) is 5.72. The summed E-state index contributed by atoms with van der Waals surface area (Å²) in [6.45, 7) is 9.06. The molecule has 0 spiro atoms. The Hall–Kier alpha value is -0.540. The normalized spacial score (nSPS) is 24.6. The van der Waals surface area contributed by atoms with E-state index in [1.165, 1.54) is 12.1 Å². The Morgan fingerprint density at radius 2 is 2.22 bits per heavy atom. The zero-order chi connectivity index (χ0) is 13.1. The number of piperazine rings is 1. The molecule has 0 radical (unpaired) electrons. The van der Waals surface area contributed by atoms with Gasteiger partial charge in [0.1, 0.15) is 0 Å². The third-order valence-corrected chi connectivity index (χ3v) is 4.04. The van der Waals surface area contributed by atoms with E-state index in [4.69, 9.17) is 0 Å². The highest BCUT2D eigenvalue weighted by Crippen LogP contribution is 2.24. The monoisotopic (exact) mass is 310 g/mol. The first-order valence-corrected chi connectivity index (χ1v) is 7.61. The van der Waals surface area contributed by atoms with E-state index >= 15 is 0 Å². The van der Waals surface area contributed by atoms with E-state index in [0.29, 0.717) is 12.1 Å². The maximum absolute atomic E-state index is 3.66. The highest BCUT2D eigenvalue weighted by molar-refractivity contribution is 9.10. The molecule has 1 heterocycles. The molecule has 0 aromatic heterocycles. The topological polar surface area (TPSA) is 15.3 Å². The number of benzene rings is 1. The summed E-state index contributed by atoms with van der Waals surface area (Å²) in [5.74, 6) is 0.750. The Kier molecular flexibility index (Phi) is 4.68. The molecule has 1 saturated heterocycles. The summed E-state index contributed by atoms with van der Waals surface area (Å²) in [4.78, 5) is 2.52. The summed E-state index contributed by atoms with van der Waals surface area (Å²) < 4.78 is 1.16. The molecule has 1 aromatic rings. The largest absolute Gasteiger partial charge is 0.366 e. The zero-order valence-corrected chi connectivity index (χ0v) is 13.1. The third kappa shape index (κ3) is 3.48. The molecule has 0 aliphatic carbocycles. The molecular weight excluding hydrogens is 288 g/mol. The summed E-state index contributed by atoms with van der Waals surface area (Å²) in [6.07, 6.45) is 1.25. The summed E-state index contributed by atoms with van der Waals surface area (Å²) in [5, 5.41) is 3.66. The van der Waals surface area contributed by atoms with Gasteiger partial charge in [0, 0.05) is 35.3 Å². The summed E-state index contributed by atoms with van der Waals surface area (Å²) in [6, 6.07) is 9.80. The minimum atomic E-state index is 0.558. The SMILES string of the molecule is CC(C)CC1CN(c2cccc(Br)c2)C(C)CN1. The van der Waals surface area contributed by atoms with Crippen LogP contribution in [0.5, 0.6) is 0 Å². The summed E-state index contributed by atoms with van der Waals surface area (Å²) in [5.41, 5.74) is 1.33. The van der Waals surface area contributed by atoms with Crippen molar-refractivity contribution >= 4 is 21.6 Å². The Bertz CT molecular complexity index is 392. The van der Waals surface area contributed by atoms with Gasteiger partial charge in [0.2, 0.25) is 0 Å². The number of nitrogens with one attached hydrogen (secondary N) is 1. The molecule has 1 aliphatic heterocycles. The first-order valence-electron chi connectivity index (χ1n) is 6.82. The molecule has 2 atom stereocenters. The first kappa shape index (κ1) is 13.9. The van der Waals surface area contributed by atoms with Crippen molar-refractivity contribution in [3.8, 4) is 0 Å². The number of anilines is 1. The van der Waals surface area contributed by atoms with Crippen molar-refractivity contribution in [1.82, 2.24) is 5.32 Å². The maximum atomic E-state index is 3.66. The third-order valence-electron chi connectivity index (χ3n) is 3.55. The second-order valence-corrected chi connectivity index (χ2v) is 6.63.